The summed E-state index contributed by atoms with van der Waals surface area (Å²) in [5.41, 5.74) is 0. The third-order valence-corrected chi connectivity index (χ3v) is 5.34. The number of methoxy groups -OCH3 is 1. The molecular formula is C11H19ClN2O5S. The maximum atomic E-state index is 11.8. The number of hydrogen-bond acceptors (Lipinski definition) is 6. The number of hydrogen-bond donors (Lipinski definition) is 1. The van der Waals surface area contributed by atoms with Crippen LogP contribution in [0, 0.1) is 0 Å². The average molecular weight is 327 g/mol. The Morgan fingerprint density at radius 3 is 2.55 bits per heavy atom. The van der Waals surface area contributed by atoms with Gasteiger partial charge in [-0.2, -0.15) is 0 Å². The largest absolute Gasteiger partial charge is 0.469 e. The Bertz CT molecular complexity index is 467. The molecule has 1 aliphatic rings. The van der Waals surface area contributed by atoms with Crippen LogP contribution in [0.3, 0.4) is 0 Å². The molecular weight excluding hydrogens is 308 g/mol. The normalized spacial score (nSPS) is 24.6. The van der Waals surface area contributed by atoms with E-state index in [1.807, 2.05) is 0 Å². The molecule has 1 aliphatic heterocycles. The zero-order valence-electron chi connectivity index (χ0n) is 11.5. The van der Waals surface area contributed by atoms with Crippen molar-refractivity contribution >= 4 is 33.3 Å². The molecule has 2 atom stereocenters. The van der Waals surface area contributed by atoms with Crippen molar-refractivity contribution in [1.29, 1.82) is 0 Å². The van der Waals surface area contributed by atoms with Crippen LogP contribution >= 0.6 is 11.6 Å². The Balaban J connectivity index is 2.35. The van der Waals surface area contributed by atoms with Crippen molar-refractivity contribution in [3.8, 4) is 0 Å². The number of esters is 1. The summed E-state index contributed by atoms with van der Waals surface area (Å²) in [6, 6.07) is -0.553. The van der Waals surface area contributed by atoms with Crippen LogP contribution in [0.15, 0.2) is 0 Å². The van der Waals surface area contributed by atoms with Crippen molar-refractivity contribution in [3.05, 3.63) is 0 Å². The highest BCUT2D eigenvalue weighted by atomic mass is 35.5. The van der Waals surface area contributed by atoms with Crippen LogP contribution < -0.4 is 5.32 Å². The average Bonchev–Trinajstić information content (AvgIpc) is 2.58. The predicted molar refractivity (Wildman–Crippen MR) is 74.4 cm³/mol. The van der Waals surface area contributed by atoms with Crippen LogP contribution in [0.2, 0.25) is 0 Å². The van der Waals surface area contributed by atoms with E-state index in [2.05, 4.69) is 10.1 Å². The van der Waals surface area contributed by atoms with E-state index >= 15 is 0 Å². The highest BCUT2D eigenvalue weighted by Gasteiger charge is 2.37. The van der Waals surface area contributed by atoms with Crippen molar-refractivity contribution in [3.63, 3.8) is 0 Å². The Hall–Kier alpha value is -0.860. The highest BCUT2D eigenvalue weighted by Crippen LogP contribution is 2.17. The first-order chi connectivity index (χ1) is 9.23. The molecule has 116 valence electrons. The van der Waals surface area contributed by atoms with Gasteiger partial charge in [0.1, 0.15) is 0 Å². The number of nitrogens with zero attached hydrogens (tertiary/aromatic N) is 1. The molecule has 0 saturated carbocycles. The molecule has 0 spiro atoms. The van der Waals surface area contributed by atoms with E-state index < -0.39 is 21.3 Å². The van der Waals surface area contributed by atoms with Crippen molar-refractivity contribution in [2.24, 2.45) is 0 Å². The number of carbonyl (C=O) groups excluding carboxylic acids is 2. The van der Waals surface area contributed by atoms with Gasteiger partial charge >= 0.3 is 5.97 Å². The van der Waals surface area contributed by atoms with Crippen molar-refractivity contribution < 1.29 is 22.7 Å². The van der Waals surface area contributed by atoms with Crippen LogP contribution in [-0.2, 0) is 24.2 Å². The van der Waals surface area contributed by atoms with E-state index in [4.69, 9.17) is 11.6 Å². The SMILES string of the molecule is COC(=O)CCN(C)CC(=O)NC1CS(=O)(=O)CC1Cl. The molecule has 0 aromatic rings. The molecule has 1 heterocycles. The van der Waals surface area contributed by atoms with E-state index in [0.717, 1.165) is 0 Å². The molecule has 1 amide bonds. The molecule has 0 aliphatic carbocycles. The molecule has 1 fully saturated rings. The Morgan fingerprint density at radius 2 is 2.05 bits per heavy atom. The molecule has 0 radical (unpaired) electrons. The number of ether oxygens (including phenoxy) is 1. The fourth-order valence-electron chi connectivity index (χ4n) is 1.90. The second-order valence-electron chi connectivity index (χ2n) is 4.83. The first-order valence-corrected chi connectivity index (χ1v) is 8.38. The zero-order valence-corrected chi connectivity index (χ0v) is 13.0. The lowest BCUT2D eigenvalue weighted by Gasteiger charge is -2.19. The number of rotatable bonds is 6. The summed E-state index contributed by atoms with van der Waals surface area (Å²) in [5, 5.41) is 2.02. The van der Waals surface area contributed by atoms with E-state index in [1.54, 1.807) is 11.9 Å². The van der Waals surface area contributed by atoms with Gasteiger partial charge in [0.25, 0.3) is 0 Å². The van der Waals surface area contributed by atoms with Crippen molar-refractivity contribution in [2.75, 3.05) is 38.8 Å². The summed E-state index contributed by atoms with van der Waals surface area (Å²) in [5.74, 6) is -0.902. The maximum Gasteiger partial charge on any atom is 0.306 e. The minimum atomic E-state index is -3.17. The van der Waals surface area contributed by atoms with E-state index in [9.17, 15) is 18.0 Å². The Labute approximate surface area is 123 Å². The van der Waals surface area contributed by atoms with Gasteiger partial charge in [-0.05, 0) is 7.05 Å². The number of amides is 1. The summed E-state index contributed by atoms with van der Waals surface area (Å²) in [4.78, 5) is 24.4. The van der Waals surface area contributed by atoms with Crippen LogP contribution in [0.5, 0.6) is 0 Å². The molecule has 0 aromatic heterocycles. The molecule has 9 heteroatoms. The first-order valence-electron chi connectivity index (χ1n) is 6.12. The van der Waals surface area contributed by atoms with Gasteiger partial charge in [0.2, 0.25) is 5.91 Å². The predicted octanol–water partition coefficient (Wildman–Crippen LogP) is -0.998. The second-order valence-corrected chi connectivity index (χ2v) is 7.55. The Kier molecular flexibility index (Phi) is 6.22. The minimum absolute atomic E-state index is 0.0666. The number of sulfone groups is 1. The molecule has 0 aromatic carbocycles. The standard InChI is InChI=1S/C11H19ClN2O5S/c1-14(4-3-11(16)19-2)5-10(15)13-9-7-20(17,18)6-8(9)12/h8-9H,3-7H2,1-2H3,(H,13,15). The fourth-order valence-corrected chi connectivity index (χ4v) is 4.45. The second kappa shape index (κ2) is 7.24. The molecule has 0 bridgehead atoms. The lowest BCUT2D eigenvalue weighted by atomic mass is 10.2. The quantitative estimate of drug-likeness (QED) is 0.497. The van der Waals surface area contributed by atoms with Gasteiger partial charge in [-0.15, -0.1) is 11.6 Å². The summed E-state index contributed by atoms with van der Waals surface area (Å²) < 4.78 is 27.2. The van der Waals surface area contributed by atoms with Gasteiger partial charge in [-0.1, -0.05) is 0 Å². The Morgan fingerprint density at radius 1 is 1.40 bits per heavy atom. The van der Waals surface area contributed by atoms with Crippen LogP contribution in [-0.4, -0.2) is 75.4 Å². The van der Waals surface area contributed by atoms with Gasteiger partial charge in [0.15, 0.2) is 9.84 Å². The van der Waals surface area contributed by atoms with Crippen LogP contribution in [0.25, 0.3) is 0 Å². The number of likely N-dealkylation sites (N-methyl/N-ethyl adjacent to an activating group) is 1. The summed E-state index contributed by atoms with van der Waals surface area (Å²) in [7, 11) is -0.177. The van der Waals surface area contributed by atoms with Gasteiger partial charge in [0.05, 0.1) is 43.0 Å². The maximum absolute atomic E-state index is 11.8. The molecule has 2 unspecified atom stereocenters. The fraction of sp³-hybridized carbons (Fsp3) is 0.818. The van der Waals surface area contributed by atoms with Gasteiger partial charge in [0, 0.05) is 6.54 Å². The molecule has 1 rings (SSSR count). The van der Waals surface area contributed by atoms with Gasteiger partial charge < -0.3 is 10.1 Å². The summed E-state index contributed by atoms with van der Waals surface area (Å²) in [6.07, 6.45) is 0.191. The van der Waals surface area contributed by atoms with E-state index in [-0.39, 0.29) is 36.3 Å². The lowest BCUT2D eigenvalue weighted by molar-refractivity contribution is -0.141. The minimum Gasteiger partial charge on any atom is -0.469 e. The zero-order chi connectivity index (χ0) is 15.3. The summed E-state index contributed by atoms with van der Waals surface area (Å²) >= 11 is 5.90. The number of alkyl halides is 1. The third kappa shape index (κ3) is 5.64. The third-order valence-electron chi connectivity index (χ3n) is 2.97. The van der Waals surface area contributed by atoms with Crippen molar-refractivity contribution in [1.82, 2.24) is 10.2 Å². The molecule has 1 saturated heterocycles. The lowest BCUT2D eigenvalue weighted by Crippen LogP contribution is -2.45. The van der Waals surface area contributed by atoms with Crippen molar-refractivity contribution in [2.45, 2.75) is 17.8 Å². The van der Waals surface area contributed by atoms with Crippen LogP contribution in [0.1, 0.15) is 6.42 Å². The van der Waals surface area contributed by atoms with Gasteiger partial charge in [-0.3, -0.25) is 14.5 Å². The topological polar surface area (TPSA) is 92.8 Å². The van der Waals surface area contributed by atoms with Crippen LogP contribution in [0.4, 0.5) is 0 Å². The number of nitrogens with one attached hydrogen (secondary N) is 1. The van der Waals surface area contributed by atoms with E-state index in [1.165, 1.54) is 7.11 Å². The molecule has 7 nitrogen and oxygen atoms in total. The smallest absolute Gasteiger partial charge is 0.306 e. The molecule has 20 heavy (non-hydrogen) atoms. The summed E-state index contributed by atoms with van der Waals surface area (Å²) in [6.45, 7) is 0.449. The highest BCUT2D eigenvalue weighted by molar-refractivity contribution is 7.91. The number of carbonyl (C=O) groups is 2. The van der Waals surface area contributed by atoms with E-state index in [0.29, 0.717) is 6.54 Å². The van der Waals surface area contributed by atoms with Gasteiger partial charge in [-0.25, -0.2) is 8.42 Å². The number of halogens is 1. The monoisotopic (exact) mass is 326 g/mol. The molecule has 1 N–H and O–H groups in total. The first kappa shape index (κ1) is 17.2.